The van der Waals surface area contributed by atoms with Crippen molar-refractivity contribution in [2.45, 2.75) is 0 Å². The largest absolute Gasteiger partial charge is 0.317 e. The highest BCUT2D eigenvalue weighted by Crippen LogP contribution is 2.42. The summed E-state index contributed by atoms with van der Waals surface area (Å²) in [5.41, 5.74) is 12.3. The van der Waals surface area contributed by atoms with E-state index >= 15 is 0 Å². The first kappa shape index (κ1) is 30.4. The Bertz CT molecular complexity index is 3090. The lowest BCUT2D eigenvalue weighted by molar-refractivity contribution is 1.13. The fourth-order valence-corrected chi connectivity index (χ4v) is 10.3. The van der Waals surface area contributed by atoms with Crippen molar-refractivity contribution in [1.82, 2.24) is 4.57 Å². The van der Waals surface area contributed by atoms with E-state index in [4.69, 9.17) is 0 Å². The molecule has 0 amide bonds. The van der Waals surface area contributed by atoms with Crippen molar-refractivity contribution in [3.8, 4) is 50.2 Å². The minimum atomic E-state index is 1.16. The van der Waals surface area contributed by atoms with Gasteiger partial charge in [-0.25, -0.2) is 0 Å². The van der Waals surface area contributed by atoms with Gasteiger partial charge in [-0.05, 0) is 111 Å². The Morgan fingerprint density at radius 2 is 0.962 bits per heavy atom. The Labute approximate surface area is 315 Å². The average Bonchev–Trinajstić information content (AvgIpc) is 3.93. The number of hydrogen-bond acceptors (Lipinski definition) is 2. The fourth-order valence-electron chi connectivity index (χ4n) is 7.97. The first-order valence-electron chi connectivity index (χ1n) is 18.0. The molecular weight excluding hydrogens is 679 g/mol. The maximum absolute atomic E-state index is 2.40. The van der Waals surface area contributed by atoms with Gasteiger partial charge in [-0.3, -0.25) is 0 Å². The number of thiophene rings is 2. The molecule has 0 unspecified atom stereocenters. The van der Waals surface area contributed by atoms with E-state index in [1.165, 1.54) is 95.8 Å². The Balaban J connectivity index is 1.01. The van der Waals surface area contributed by atoms with Crippen molar-refractivity contribution in [3.63, 3.8) is 0 Å². The predicted molar refractivity (Wildman–Crippen MR) is 231 cm³/mol. The third kappa shape index (κ3) is 5.12. The third-order valence-electron chi connectivity index (χ3n) is 10.6. The van der Waals surface area contributed by atoms with E-state index in [0.29, 0.717) is 0 Å². The van der Waals surface area contributed by atoms with E-state index in [-0.39, 0.29) is 0 Å². The SMILES string of the molecule is c1ccc(-c2cc(-c3ccccc3)cc(-c3ccc4sc5cc6ccn(-c7ccc(-c8cccc9c8sc8ccccc89)cc7)c6cc5c4c3)c2)cc1. The van der Waals surface area contributed by atoms with Gasteiger partial charge in [0.2, 0.25) is 0 Å². The highest BCUT2D eigenvalue weighted by Gasteiger charge is 2.14. The molecule has 1 nitrogen and oxygen atoms in total. The summed E-state index contributed by atoms with van der Waals surface area (Å²) in [4.78, 5) is 0. The lowest BCUT2D eigenvalue weighted by atomic mass is 9.93. The summed E-state index contributed by atoms with van der Waals surface area (Å²) >= 11 is 3.76. The molecule has 3 heterocycles. The summed E-state index contributed by atoms with van der Waals surface area (Å²) in [6.07, 6.45) is 2.21. The molecule has 0 bridgehead atoms. The minimum absolute atomic E-state index is 1.16. The molecule has 0 saturated carbocycles. The monoisotopic (exact) mass is 709 g/mol. The standard InChI is InChI=1S/C50H31NS2/c1-3-10-32(11-4-1)37-26-38(33-12-5-2-6-13-33)28-39(27-37)35-20-23-48-44(29-35)45-31-46-36(30-49(45)52-48)24-25-51(46)40-21-18-34(19-22-40)41-15-9-16-43-42-14-7-8-17-47(42)53-50(41)43/h1-31H. The molecule has 53 heavy (non-hydrogen) atoms. The van der Waals surface area contributed by atoms with Crippen LogP contribution in [0.4, 0.5) is 0 Å². The van der Waals surface area contributed by atoms with Crippen LogP contribution in [0, 0.1) is 0 Å². The Morgan fingerprint density at radius 3 is 1.72 bits per heavy atom. The van der Waals surface area contributed by atoms with Gasteiger partial charge < -0.3 is 4.57 Å². The van der Waals surface area contributed by atoms with Crippen molar-refractivity contribution >= 4 is 73.9 Å². The van der Waals surface area contributed by atoms with E-state index in [9.17, 15) is 0 Å². The van der Waals surface area contributed by atoms with Crippen LogP contribution in [0.3, 0.4) is 0 Å². The van der Waals surface area contributed by atoms with Gasteiger partial charge in [-0.15, -0.1) is 22.7 Å². The molecule has 0 saturated heterocycles. The summed E-state index contributed by atoms with van der Waals surface area (Å²) in [7, 11) is 0. The van der Waals surface area contributed by atoms with Gasteiger partial charge in [0.15, 0.2) is 0 Å². The van der Waals surface area contributed by atoms with Gasteiger partial charge in [0.1, 0.15) is 0 Å². The van der Waals surface area contributed by atoms with Crippen LogP contribution in [0.2, 0.25) is 0 Å². The van der Waals surface area contributed by atoms with Crippen molar-refractivity contribution in [1.29, 1.82) is 0 Å². The second kappa shape index (κ2) is 12.2. The Kier molecular flexibility index (Phi) is 6.97. The Morgan fingerprint density at radius 1 is 0.340 bits per heavy atom. The number of fused-ring (bicyclic) bond motifs is 7. The predicted octanol–water partition coefficient (Wildman–Crippen LogP) is 15.0. The first-order valence-corrected chi connectivity index (χ1v) is 19.6. The Hall–Kier alpha value is -6.26. The molecule has 0 atom stereocenters. The summed E-state index contributed by atoms with van der Waals surface area (Å²) in [5.74, 6) is 0. The summed E-state index contributed by atoms with van der Waals surface area (Å²) in [6, 6.07) is 66.9. The second-order valence-electron chi connectivity index (χ2n) is 13.8. The summed E-state index contributed by atoms with van der Waals surface area (Å²) in [5, 5.41) is 6.53. The van der Waals surface area contributed by atoms with Crippen LogP contribution < -0.4 is 0 Å². The van der Waals surface area contributed by atoms with Gasteiger partial charge in [-0.1, -0.05) is 115 Å². The zero-order valence-corrected chi connectivity index (χ0v) is 30.3. The molecule has 248 valence electrons. The molecular formula is C50H31NS2. The molecule has 11 aromatic rings. The van der Waals surface area contributed by atoms with Crippen molar-refractivity contribution < 1.29 is 0 Å². The van der Waals surface area contributed by atoms with Gasteiger partial charge >= 0.3 is 0 Å². The van der Waals surface area contributed by atoms with Crippen LogP contribution in [0.15, 0.2) is 188 Å². The molecule has 0 fully saturated rings. The minimum Gasteiger partial charge on any atom is -0.317 e. The summed E-state index contributed by atoms with van der Waals surface area (Å²) in [6.45, 7) is 0. The molecule has 0 N–H and O–H groups in total. The molecule has 11 rings (SSSR count). The summed E-state index contributed by atoms with van der Waals surface area (Å²) < 4.78 is 7.65. The number of rotatable bonds is 5. The van der Waals surface area contributed by atoms with Crippen molar-refractivity contribution in [3.05, 3.63) is 188 Å². The number of nitrogens with zero attached hydrogens (tertiary/aromatic N) is 1. The van der Waals surface area contributed by atoms with Gasteiger partial charge in [0.05, 0.1) is 5.52 Å². The quantitative estimate of drug-likeness (QED) is 0.168. The van der Waals surface area contributed by atoms with Crippen LogP contribution >= 0.6 is 22.7 Å². The molecule has 3 heteroatoms. The lowest BCUT2D eigenvalue weighted by Gasteiger charge is -2.12. The lowest BCUT2D eigenvalue weighted by Crippen LogP contribution is -1.91. The molecule has 0 radical (unpaired) electrons. The van der Waals surface area contributed by atoms with Gasteiger partial charge in [-0.2, -0.15) is 0 Å². The molecule has 8 aromatic carbocycles. The first-order chi connectivity index (χ1) is 26.2. The van der Waals surface area contributed by atoms with E-state index in [1.807, 2.05) is 22.7 Å². The zero-order chi connectivity index (χ0) is 34.9. The number of aromatic nitrogens is 1. The van der Waals surface area contributed by atoms with Gasteiger partial charge in [0.25, 0.3) is 0 Å². The van der Waals surface area contributed by atoms with Gasteiger partial charge in [0, 0.05) is 57.6 Å². The van der Waals surface area contributed by atoms with Crippen LogP contribution in [-0.4, -0.2) is 4.57 Å². The second-order valence-corrected chi connectivity index (χ2v) is 15.9. The number of hydrogen-bond donors (Lipinski definition) is 0. The molecule has 0 aliphatic heterocycles. The van der Waals surface area contributed by atoms with Crippen molar-refractivity contribution in [2.24, 2.45) is 0 Å². The number of benzene rings is 8. The maximum Gasteiger partial charge on any atom is 0.0535 e. The maximum atomic E-state index is 2.40. The average molecular weight is 710 g/mol. The zero-order valence-electron chi connectivity index (χ0n) is 28.7. The van der Waals surface area contributed by atoms with E-state index in [2.05, 4.69) is 193 Å². The van der Waals surface area contributed by atoms with Crippen LogP contribution in [0.1, 0.15) is 0 Å². The van der Waals surface area contributed by atoms with E-state index in [0.717, 1.165) is 5.69 Å². The van der Waals surface area contributed by atoms with Crippen LogP contribution in [0.5, 0.6) is 0 Å². The topological polar surface area (TPSA) is 4.93 Å². The van der Waals surface area contributed by atoms with Crippen molar-refractivity contribution in [2.75, 3.05) is 0 Å². The molecule has 0 aliphatic rings. The highest BCUT2D eigenvalue weighted by atomic mass is 32.1. The smallest absolute Gasteiger partial charge is 0.0535 e. The molecule has 0 spiro atoms. The normalized spacial score (nSPS) is 11.8. The molecule has 3 aromatic heterocycles. The van der Waals surface area contributed by atoms with E-state index < -0.39 is 0 Å². The van der Waals surface area contributed by atoms with E-state index in [1.54, 1.807) is 0 Å². The third-order valence-corrected chi connectivity index (χ3v) is 13.0. The fraction of sp³-hybridized carbons (Fsp3) is 0. The highest BCUT2D eigenvalue weighted by molar-refractivity contribution is 7.26. The van der Waals surface area contributed by atoms with Crippen LogP contribution in [0.25, 0.3) is 101 Å². The molecule has 0 aliphatic carbocycles. The van der Waals surface area contributed by atoms with Crippen LogP contribution in [-0.2, 0) is 0 Å².